The van der Waals surface area contributed by atoms with Gasteiger partial charge in [0.1, 0.15) is 0 Å². The summed E-state index contributed by atoms with van der Waals surface area (Å²) in [6.45, 7) is 0.644. The van der Waals surface area contributed by atoms with E-state index in [0.29, 0.717) is 24.5 Å². The summed E-state index contributed by atoms with van der Waals surface area (Å²) in [5.74, 6) is 0.621. The molecule has 1 aromatic heterocycles. The number of para-hydroxylation sites is 1. The lowest BCUT2D eigenvalue weighted by Gasteiger charge is -2.02. The molecule has 0 atom stereocenters. The third-order valence-electron chi connectivity index (χ3n) is 2.70. The summed E-state index contributed by atoms with van der Waals surface area (Å²) in [5, 5.41) is 14.4. The average Bonchev–Trinajstić information content (AvgIpc) is 3.10. The van der Waals surface area contributed by atoms with Crippen LogP contribution < -0.4 is 10.6 Å². The maximum absolute atomic E-state index is 5.52. The first-order chi connectivity index (χ1) is 8.81. The van der Waals surface area contributed by atoms with Crippen molar-refractivity contribution < 1.29 is 4.42 Å². The predicted octanol–water partition coefficient (Wildman–Crippen LogP) is 2.67. The van der Waals surface area contributed by atoms with Crippen LogP contribution in [0.2, 0.25) is 0 Å². The van der Waals surface area contributed by atoms with Crippen LogP contribution in [-0.4, -0.2) is 16.2 Å². The van der Waals surface area contributed by atoms with E-state index in [-0.39, 0.29) is 0 Å². The topological polar surface area (TPSA) is 63.0 Å². The lowest BCUT2D eigenvalue weighted by Crippen LogP contribution is -2.15. The Kier molecular flexibility index (Phi) is 3.46. The molecule has 1 fully saturated rings. The first-order valence-corrected chi connectivity index (χ1v) is 6.96. The molecular weight excluding hydrogens is 343 g/mol. The van der Waals surface area contributed by atoms with Crippen LogP contribution in [0.4, 0.5) is 11.7 Å². The lowest BCUT2D eigenvalue weighted by atomic mass is 10.3. The molecule has 1 aliphatic rings. The summed E-state index contributed by atoms with van der Waals surface area (Å²) in [7, 11) is 0. The van der Waals surface area contributed by atoms with E-state index < -0.39 is 0 Å². The van der Waals surface area contributed by atoms with Gasteiger partial charge < -0.3 is 15.1 Å². The molecule has 0 saturated heterocycles. The Hall–Kier alpha value is -1.15. The number of rotatable bonds is 5. The van der Waals surface area contributed by atoms with E-state index in [1.807, 2.05) is 24.3 Å². The monoisotopic (exact) mass is 356 g/mol. The second-order valence-electron chi connectivity index (χ2n) is 4.26. The molecule has 1 heterocycles. The van der Waals surface area contributed by atoms with Gasteiger partial charge in [0.25, 0.3) is 0 Å². The van der Waals surface area contributed by atoms with Gasteiger partial charge in [-0.25, -0.2) is 0 Å². The van der Waals surface area contributed by atoms with Crippen LogP contribution in [0.3, 0.4) is 0 Å². The van der Waals surface area contributed by atoms with Gasteiger partial charge in [-0.1, -0.05) is 17.2 Å². The molecule has 1 aromatic carbocycles. The van der Waals surface area contributed by atoms with Gasteiger partial charge in [-0.15, -0.1) is 5.10 Å². The van der Waals surface area contributed by atoms with Crippen molar-refractivity contribution in [3.63, 3.8) is 0 Å². The number of anilines is 2. The number of hydrogen-bond donors (Lipinski definition) is 2. The highest BCUT2D eigenvalue weighted by molar-refractivity contribution is 14.1. The highest BCUT2D eigenvalue weighted by Gasteiger charge is 2.21. The third-order valence-corrected chi connectivity index (χ3v) is 3.64. The Balaban J connectivity index is 1.63. The molecule has 3 rings (SSSR count). The number of halogens is 1. The molecule has 5 nitrogen and oxygen atoms in total. The van der Waals surface area contributed by atoms with Crippen LogP contribution >= 0.6 is 22.6 Å². The molecule has 0 aliphatic heterocycles. The molecule has 0 spiro atoms. The third kappa shape index (κ3) is 2.99. The van der Waals surface area contributed by atoms with Crippen molar-refractivity contribution >= 4 is 34.3 Å². The largest absolute Gasteiger partial charge is 0.406 e. The Labute approximate surface area is 119 Å². The van der Waals surface area contributed by atoms with Gasteiger partial charge in [0.15, 0.2) is 0 Å². The first-order valence-electron chi connectivity index (χ1n) is 5.88. The lowest BCUT2D eigenvalue weighted by molar-refractivity contribution is 0.478. The van der Waals surface area contributed by atoms with Crippen molar-refractivity contribution in [2.75, 3.05) is 5.32 Å². The average molecular weight is 356 g/mol. The summed E-state index contributed by atoms with van der Waals surface area (Å²) in [5.41, 5.74) is 0.975. The molecule has 0 radical (unpaired) electrons. The molecule has 0 unspecified atom stereocenters. The predicted molar refractivity (Wildman–Crippen MR) is 76.6 cm³/mol. The molecular formula is C12H13IN4O. The number of nitrogens with zero attached hydrogens (tertiary/aromatic N) is 2. The summed E-state index contributed by atoms with van der Waals surface area (Å²) in [6, 6.07) is 9.04. The Morgan fingerprint density at radius 1 is 1.28 bits per heavy atom. The van der Waals surface area contributed by atoms with Crippen molar-refractivity contribution in [3.8, 4) is 0 Å². The molecule has 0 amide bonds. The number of nitrogens with one attached hydrogen (secondary N) is 2. The maximum atomic E-state index is 5.52. The van der Waals surface area contributed by atoms with E-state index in [9.17, 15) is 0 Å². The zero-order chi connectivity index (χ0) is 12.4. The highest BCUT2D eigenvalue weighted by Crippen LogP contribution is 2.22. The van der Waals surface area contributed by atoms with Gasteiger partial charge in [-0.05, 0) is 47.6 Å². The molecule has 0 bridgehead atoms. The highest BCUT2D eigenvalue weighted by atomic mass is 127. The fraction of sp³-hybridized carbons (Fsp3) is 0.333. The molecule has 18 heavy (non-hydrogen) atoms. The van der Waals surface area contributed by atoms with Gasteiger partial charge in [0.05, 0.1) is 12.2 Å². The quantitative estimate of drug-likeness (QED) is 0.807. The molecule has 1 aliphatic carbocycles. The van der Waals surface area contributed by atoms with Crippen molar-refractivity contribution in [1.82, 2.24) is 15.5 Å². The van der Waals surface area contributed by atoms with Crippen molar-refractivity contribution in [2.45, 2.75) is 25.4 Å². The van der Waals surface area contributed by atoms with Crippen LogP contribution in [0, 0.1) is 3.57 Å². The van der Waals surface area contributed by atoms with Crippen LogP contribution in [0.5, 0.6) is 0 Å². The molecule has 6 heteroatoms. The van der Waals surface area contributed by atoms with E-state index in [1.165, 1.54) is 12.8 Å². The van der Waals surface area contributed by atoms with E-state index in [2.05, 4.69) is 43.4 Å². The molecule has 1 saturated carbocycles. The fourth-order valence-corrected chi connectivity index (χ4v) is 2.09. The van der Waals surface area contributed by atoms with E-state index in [4.69, 9.17) is 4.42 Å². The van der Waals surface area contributed by atoms with E-state index in [0.717, 1.165) is 9.26 Å². The van der Waals surface area contributed by atoms with E-state index in [1.54, 1.807) is 0 Å². The second-order valence-corrected chi connectivity index (χ2v) is 5.42. The Bertz CT molecular complexity index is 538. The van der Waals surface area contributed by atoms with Crippen LogP contribution in [0.25, 0.3) is 0 Å². The van der Waals surface area contributed by atoms with E-state index >= 15 is 0 Å². The number of aromatic nitrogens is 2. The zero-order valence-electron chi connectivity index (χ0n) is 9.69. The summed E-state index contributed by atoms with van der Waals surface area (Å²) < 4.78 is 6.64. The SMILES string of the molecule is Ic1ccccc1Nc1nnc(CNC2CC2)o1. The smallest absolute Gasteiger partial charge is 0.320 e. The van der Waals surface area contributed by atoms with Crippen LogP contribution in [0.15, 0.2) is 28.7 Å². The number of benzene rings is 1. The van der Waals surface area contributed by atoms with Crippen molar-refractivity contribution in [3.05, 3.63) is 33.7 Å². The van der Waals surface area contributed by atoms with Gasteiger partial charge in [0.2, 0.25) is 5.89 Å². The zero-order valence-corrected chi connectivity index (χ0v) is 11.8. The summed E-state index contributed by atoms with van der Waals surface area (Å²) in [4.78, 5) is 0. The molecule has 94 valence electrons. The first kappa shape index (κ1) is 11.9. The molecule has 2 N–H and O–H groups in total. The fourth-order valence-electron chi connectivity index (χ4n) is 1.57. The normalized spacial score (nSPS) is 14.7. The van der Waals surface area contributed by atoms with Crippen molar-refractivity contribution in [2.24, 2.45) is 0 Å². The molecule has 2 aromatic rings. The van der Waals surface area contributed by atoms with Gasteiger partial charge in [0, 0.05) is 9.61 Å². The van der Waals surface area contributed by atoms with Crippen molar-refractivity contribution in [1.29, 1.82) is 0 Å². The van der Waals surface area contributed by atoms with Crippen LogP contribution in [0.1, 0.15) is 18.7 Å². The van der Waals surface area contributed by atoms with Gasteiger partial charge in [-0.2, -0.15) is 0 Å². The number of hydrogen-bond acceptors (Lipinski definition) is 5. The summed E-state index contributed by atoms with van der Waals surface area (Å²) in [6.07, 6.45) is 2.50. The minimum Gasteiger partial charge on any atom is -0.406 e. The van der Waals surface area contributed by atoms with Gasteiger partial charge in [-0.3, -0.25) is 0 Å². The van der Waals surface area contributed by atoms with Gasteiger partial charge >= 0.3 is 6.01 Å². The second kappa shape index (κ2) is 5.23. The minimum atomic E-state index is 0.437. The summed E-state index contributed by atoms with van der Waals surface area (Å²) >= 11 is 2.26. The van der Waals surface area contributed by atoms with Crippen LogP contribution in [-0.2, 0) is 6.54 Å². The standard InChI is InChI=1S/C12H13IN4O/c13-9-3-1-2-4-10(9)15-12-17-16-11(18-12)7-14-8-5-6-8/h1-4,8,14H,5-7H2,(H,15,17). The Morgan fingerprint density at radius 2 is 2.11 bits per heavy atom. The Morgan fingerprint density at radius 3 is 2.89 bits per heavy atom. The minimum absolute atomic E-state index is 0.437. The maximum Gasteiger partial charge on any atom is 0.320 e.